The lowest BCUT2D eigenvalue weighted by Crippen LogP contribution is -2.08. The summed E-state index contributed by atoms with van der Waals surface area (Å²) in [6.07, 6.45) is 0. The van der Waals surface area contributed by atoms with Gasteiger partial charge >= 0.3 is 0 Å². The maximum absolute atomic E-state index is 6.07. The molecule has 0 radical (unpaired) electrons. The standard InChI is InChI=1S/C15H19N3OS/c1-9-8-10(2)18-15(17-9)20-13-7-5-6-12(19-4)14(13)11(3)16/h5-8,11H,16H2,1-4H3/t11-/m0/s1. The van der Waals surface area contributed by atoms with Crippen molar-refractivity contribution in [2.75, 3.05) is 7.11 Å². The average molecular weight is 289 g/mol. The van der Waals surface area contributed by atoms with Crippen molar-refractivity contribution in [2.45, 2.75) is 36.9 Å². The van der Waals surface area contributed by atoms with Crippen molar-refractivity contribution in [3.63, 3.8) is 0 Å². The summed E-state index contributed by atoms with van der Waals surface area (Å²) in [4.78, 5) is 9.94. The van der Waals surface area contributed by atoms with E-state index in [0.29, 0.717) is 0 Å². The van der Waals surface area contributed by atoms with E-state index < -0.39 is 0 Å². The zero-order valence-electron chi connectivity index (χ0n) is 12.2. The highest BCUT2D eigenvalue weighted by atomic mass is 32.2. The first kappa shape index (κ1) is 14.8. The van der Waals surface area contributed by atoms with Crippen LogP contribution in [0, 0.1) is 13.8 Å². The molecule has 106 valence electrons. The quantitative estimate of drug-likeness (QED) is 0.875. The Morgan fingerprint density at radius 2 is 1.85 bits per heavy atom. The van der Waals surface area contributed by atoms with Crippen LogP contribution in [0.25, 0.3) is 0 Å². The molecule has 0 aliphatic carbocycles. The number of rotatable bonds is 4. The summed E-state index contributed by atoms with van der Waals surface area (Å²) in [5, 5.41) is 0.734. The van der Waals surface area contributed by atoms with Crippen LogP contribution in [-0.4, -0.2) is 17.1 Å². The van der Waals surface area contributed by atoms with Gasteiger partial charge in [-0.15, -0.1) is 0 Å². The molecule has 4 nitrogen and oxygen atoms in total. The first-order valence-electron chi connectivity index (χ1n) is 6.44. The van der Waals surface area contributed by atoms with Crippen molar-refractivity contribution >= 4 is 11.8 Å². The Hall–Kier alpha value is -1.59. The van der Waals surface area contributed by atoms with E-state index in [1.54, 1.807) is 7.11 Å². The highest BCUT2D eigenvalue weighted by molar-refractivity contribution is 7.99. The van der Waals surface area contributed by atoms with Crippen molar-refractivity contribution in [3.8, 4) is 5.75 Å². The van der Waals surface area contributed by atoms with Crippen molar-refractivity contribution in [3.05, 3.63) is 41.2 Å². The van der Waals surface area contributed by atoms with Crippen LogP contribution in [0.15, 0.2) is 34.3 Å². The van der Waals surface area contributed by atoms with Gasteiger partial charge in [0.2, 0.25) is 0 Å². The fourth-order valence-corrected chi connectivity index (χ4v) is 3.20. The summed E-state index contributed by atoms with van der Waals surface area (Å²) < 4.78 is 5.40. The molecule has 0 saturated heterocycles. The zero-order valence-corrected chi connectivity index (χ0v) is 13.0. The second kappa shape index (κ2) is 6.24. The summed E-state index contributed by atoms with van der Waals surface area (Å²) in [6.45, 7) is 5.89. The van der Waals surface area contributed by atoms with Gasteiger partial charge in [-0.05, 0) is 50.7 Å². The molecule has 2 aromatic rings. The van der Waals surface area contributed by atoms with E-state index in [1.807, 2.05) is 45.0 Å². The van der Waals surface area contributed by atoms with E-state index in [2.05, 4.69) is 9.97 Å². The predicted molar refractivity (Wildman–Crippen MR) is 81.2 cm³/mol. The van der Waals surface area contributed by atoms with Gasteiger partial charge in [0.25, 0.3) is 0 Å². The Balaban J connectivity index is 2.42. The van der Waals surface area contributed by atoms with Crippen LogP contribution < -0.4 is 10.5 Å². The molecule has 1 aromatic heterocycles. The molecule has 0 bridgehead atoms. The summed E-state index contributed by atoms with van der Waals surface area (Å²) in [5.74, 6) is 0.800. The minimum Gasteiger partial charge on any atom is -0.496 e. The van der Waals surface area contributed by atoms with E-state index in [4.69, 9.17) is 10.5 Å². The Bertz CT molecular complexity index is 594. The minimum absolute atomic E-state index is 0.112. The van der Waals surface area contributed by atoms with Gasteiger partial charge in [0, 0.05) is 27.9 Å². The molecule has 0 aliphatic rings. The van der Waals surface area contributed by atoms with E-state index in [-0.39, 0.29) is 6.04 Å². The molecule has 0 saturated carbocycles. The van der Waals surface area contributed by atoms with Crippen molar-refractivity contribution in [1.29, 1.82) is 0 Å². The lowest BCUT2D eigenvalue weighted by molar-refractivity contribution is 0.405. The highest BCUT2D eigenvalue weighted by Gasteiger charge is 2.15. The summed E-state index contributed by atoms with van der Waals surface area (Å²) in [7, 11) is 1.66. The van der Waals surface area contributed by atoms with Gasteiger partial charge in [-0.2, -0.15) is 0 Å². The zero-order chi connectivity index (χ0) is 14.7. The molecule has 2 N–H and O–H groups in total. The maximum atomic E-state index is 6.07. The largest absolute Gasteiger partial charge is 0.496 e. The van der Waals surface area contributed by atoms with E-state index >= 15 is 0 Å². The summed E-state index contributed by atoms with van der Waals surface area (Å²) >= 11 is 1.52. The number of aryl methyl sites for hydroxylation is 2. The monoisotopic (exact) mass is 289 g/mol. The average Bonchev–Trinajstić information content (AvgIpc) is 2.36. The van der Waals surface area contributed by atoms with Crippen molar-refractivity contribution in [2.24, 2.45) is 5.73 Å². The third-order valence-electron chi connectivity index (χ3n) is 2.86. The van der Waals surface area contributed by atoms with Crippen LogP contribution >= 0.6 is 11.8 Å². The molecular weight excluding hydrogens is 270 g/mol. The fraction of sp³-hybridized carbons (Fsp3) is 0.333. The van der Waals surface area contributed by atoms with Crippen molar-refractivity contribution in [1.82, 2.24) is 9.97 Å². The van der Waals surface area contributed by atoms with Crippen LogP contribution in [0.4, 0.5) is 0 Å². The highest BCUT2D eigenvalue weighted by Crippen LogP contribution is 2.36. The molecule has 0 aliphatic heterocycles. The molecule has 0 fully saturated rings. The van der Waals surface area contributed by atoms with Gasteiger partial charge in [-0.3, -0.25) is 0 Å². The number of ether oxygens (including phenoxy) is 1. The predicted octanol–water partition coefficient (Wildman–Crippen LogP) is 3.27. The first-order chi connectivity index (χ1) is 9.51. The molecule has 0 spiro atoms. The Morgan fingerprint density at radius 3 is 2.40 bits per heavy atom. The number of hydrogen-bond acceptors (Lipinski definition) is 5. The minimum atomic E-state index is -0.112. The Labute approximate surface area is 123 Å². The van der Waals surface area contributed by atoms with Gasteiger partial charge < -0.3 is 10.5 Å². The smallest absolute Gasteiger partial charge is 0.192 e. The molecule has 1 aromatic carbocycles. The first-order valence-corrected chi connectivity index (χ1v) is 7.25. The molecule has 5 heteroatoms. The topological polar surface area (TPSA) is 61.0 Å². The van der Waals surface area contributed by atoms with Crippen LogP contribution in [0.2, 0.25) is 0 Å². The van der Waals surface area contributed by atoms with Crippen LogP contribution in [0.5, 0.6) is 5.75 Å². The Kier molecular flexibility index (Phi) is 4.62. The van der Waals surface area contributed by atoms with Crippen LogP contribution in [0.3, 0.4) is 0 Å². The van der Waals surface area contributed by atoms with Gasteiger partial charge in [0.1, 0.15) is 5.75 Å². The maximum Gasteiger partial charge on any atom is 0.192 e. The van der Waals surface area contributed by atoms with E-state index in [9.17, 15) is 0 Å². The number of nitrogens with two attached hydrogens (primary N) is 1. The number of aromatic nitrogens is 2. The number of nitrogens with zero attached hydrogens (tertiary/aromatic N) is 2. The molecular formula is C15H19N3OS. The number of hydrogen-bond donors (Lipinski definition) is 1. The Morgan fingerprint density at radius 1 is 1.20 bits per heavy atom. The van der Waals surface area contributed by atoms with Gasteiger partial charge in [0.05, 0.1) is 7.11 Å². The van der Waals surface area contributed by atoms with Crippen LogP contribution in [-0.2, 0) is 0 Å². The summed E-state index contributed by atoms with van der Waals surface area (Å²) in [5.41, 5.74) is 8.99. The third-order valence-corrected chi connectivity index (χ3v) is 3.81. The van der Waals surface area contributed by atoms with Gasteiger partial charge in [-0.25, -0.2) is 9.97 Å². The summed E-state index contributed by atoms with van der Waals surface area (Å²) in [6, 6.07) is 7.75. The molecule has 2 rings (SSSR count). The van der Waals surface area contributed by atoms with Crippen LogP contribution in [0.1, 0.15) is 29.9 Å². The van der Waals surface area contributed by atoms with E-state index in [1.165, 1.54) is 11.8 Å². The number of benzene rings is 1. The molecule has 20 heavy (non-hydrogen) atoms. The lowest BCUT2D eigenvalue weighted by atomic mass is 10.1. The fourth-order valence-electron chi connectivity index (χ4n) is 2.08. The number of methoxy groups -OCH3 is 1. The van der Waals surface area contributed by atoms with E-state index in [0.717, 1.165) is 32.8 Å². The van der Waals surface area contributed by atoms with Gasteiger partial charge in [0.15, 0.2) is 5.16 Å². The molecule has 0 amide bonds. The molecule has 0 unspecified atom stereocenters. The second-order valence-electron chi connectivity index (χ2n) is 4.70. The molecule has 1 atom stereocenters. The molecule has 1 heterocycles. The van der Waals surface area contributed by atoms with Crippen molar-refractivity contribution < 1.29 is 4.74 Å². The normalized spacial score (nSPS) is 12.2. The third kappa shape index (κ3) is 3.29. The second-order valence-corrected chi connectivity index (χ2v) is 5.71. The lowest BCUT2D eigenvalue weighted by Gasteiger charge is -2.16. The van der Waals surface area contributed by atoms with Gasteiger partial charge in [-0.1, -0.05) is 6.07 Å². The SMILES string of the molecule is COc1cccc(Sc2nc(C)cc(C)n2)c1[C@H](C)N.